The third-order valence-electron chi connectivity index (χ3n) is 6.29. The zero-order chi connectivity index (χ0) is 30.5. The van der Waals surface area contributed by atoms with E-state index in [2.05, 4.69) is 10.6 Å². The lowest BCUT2D eigenvalue weighted by Gasteiger charge is -2.41. The molecule has 11 nitrogen and oxygen atoms in total. The van der Waals surface area contributed by atoms with Crippen molar-refractivity contribution in [2.45, 2.75) is 77.1 Å². The predicted molar refractivity (Wildman–Crippen MR) is 151 cm³/mol. The molecule has 2 aromatic rings. The first-order valence-corrected chi connectivity index (χ1v) is 13.6. The number of ether oxygens (including phenoxy) is 4. The third-order valence-corrected chi connectivity index (χ3v) is 7.02. The molecular weight excluding hydrogens is 579 g/mol. The molecule has 0 unspecified atom stereocenters. The smallest absolute Gasteiger partial charge is 0.407 e. The van der Waals surface area contributed by atoms with E-state index in [1.807, 2.05) is 24.3 Å². The number of rotatable bonds is 9. The van der Waals surface area contributed by atoms with Crippen molar-refractivity contribution in [1.82, 2.24) is 10.6 Å². The summed E-state index contributed by atoms with van der Waals surface area (Å²) < 4.78 is 21.8. The summed E-state index contributed by atoms with van der Waals surface area (Å²) in [5, 5.41) is 35.6. The Hall–Kier alpha value is -2.64. The Labute approximate surface area is 248 Å². The first-order valence-electron chi connectivity index (χ1n) is 12.9. The molecule has 41 heavy (non-hydrogen) atoms. The highest BCUT2D eigenvalue weighted by Crippen LogP contribution is 2.38. The van der Waals surface area contributed by atoms with Crippen molar-refractivity contribution in [2.75, 3.05) is 13.7 Å². The monoisotopic (exact) mass is 614 g/mol. The van der Waals surface area contributed by atoms with Gasteiger partial charge in [-0.05, 0) is 50.5 Å². The molecular formula is C28H36Cl2N2O9. The molecule has 0 aromatic heterocycles. The summed E-state index contributed by atoms with van der Waals surface area (Å²) in [6.07, 6.45) is -5.65. The fraction of sp³-hybridized carbons (Fsp3) is 0.500. The highest BCUT2D eigenvalue weighted by Gasteiger charge is 2.45. The topological polar surface area (TPSA) is 156 Å². The van der Waals surface area contributed by atoms with Crippen LogP contribution in [0.2, 0.25) is 10.0 Å². The molecule has 0 aliphatic carbocycles. The molecule has 1 heterocycles. The van der Waals surface area contributed by atoms with Crippen molar-refractivity contribution in [2.24, 2.45) is 0 Å². The van der Waals surface area contributed by atoms with E-state index in [0.717, 1.165) is 11.1 Å². The maximum absolute atomic E-state index is 13.2. The quantitative estimate of drug-likeness (QED) is 0.286. The van der Waals surface area contributed by atoms with Crippen molar-refractivity contribution in [1.29, 1.82) is 0 Å². The number of amides is 2. The lowest BCUT2D eigenvalue weighted by molar-refractivity contribution is -0.261. The number of methoxy groups -OCH3 is 1. The average molecular weight is 616 g/mol. The maximum Gasteiger partial charge on any atom is 0.407 e. The van der Waals surface area contributed by atoms with Crippen LogP contribution in [0.3, 0.4) is 0 Å². The zero-order valence-corrected chi connectivity index (χ0v) is 25.0. The predicted octanol–water partition coefficient (Wildman–Crippen LogP) is 3.09. The van der Waals surface area contributed by atoms with Crippen LogP contribution >= 0.6 is 23.2 Å². The minimum Gasteiger partial charge on any atom is -0.486 e. The summed E-state index contributed by atoms with van der Waals surface area (Å²) in [6, 6.07) is 7.61. The molecule has 1 aliphatic heterocycles. The van der Waals surface area contributed by atoms with Gasteiger partial charge in [0.2, 0.25) is 0 Å². The van der Waals surface area contributed by atoms with Crippen LogP contribution in [-0.4, -0.2) is 77.3 Å². The SMILES string of the molecule is CO[C@H]1O[C@H](CO)[C@@H](O)[C@H](O)[C@H]1NC(=O)c1cc(Cl)c(OCc2cccc(CNC(=O)OC(C)(C)C)c2)c(Cl)c1C. The van der Waals surface area contributed by atoms with E-state index in [1.165, 1.54) is 13.2 Å². The maximum atomic E-state index is 13.2. The third kappa shape index (κ3) is 8.45. The van der Waals surface area contributed by atoms with Gasteiger partial charge in [-0.3, -0.25) is 4.79 Å². The van der Waals surface area contributed by atoms with E-state index in [-0.39, 0.29) is 34.5 Å². The molecule has 226 valence electrons. The van der Waals surface area contributed by atoms with Crippen molar-refractivity contribution in [3.63, 3.8) is 0 Å². The van der Waals surface area contributed by atoms with Gasteiger partial charge >= 0.3 is 6.09 Å². The fourth-order valence-corrected chi connectivity index (χ4v) is 4.77. The Balaban J connectivity index is 1.69. The molecule has 1 fully saturated rings. The van der Waals surface area contributed by atoms with Crippen LogP contribution in [0.4, 0.5) is 4.79 Å². The van der Waals surface area contributed by atoms with Crippen LogP contribution in [0.5, 0.6) is 5.75 Å². The second-order valence-corrected chi connectivity index (χ2v) is 11.4. The fourth-order valence-electron chi connectivity index (χ4n) is 4.20. The highest BCUT2D eigenvalue weighted by molar-refractivity contribution is 6.38. The van der Waals surface area contributed by atoms with Crippen molar-refractivity contribution in [3.8, 4) is 5.75 Å². The Morgan fingerprint density at radius 1 is 1.10 bits per heavy atom. The molecule has 0 radical (unpaired) electrons. The zero-order valence-electron chi connectivity index (χ0n) is 23.4. The van der Waals surface area contributed by atoms with E-state index in [0.29, 0.717) is 5.56 Å². The molecule has 1 aliphatic rings. The number of halogens is 2. The van der Waals surface area contributed by atoms with Crippen LogP contribution in [0, 0.1) is 6.92 Å². The molecule has 0 saturated carbocycles. The number of carbonyl (C=O) groups is 2. The molecule has 0 spiro atoms. The number of alkyl carbamates (subject to hydrolysis) is 1. The number of hydrogen-bond acceptors (Lipinski definition) is 9. The first-order chi connectivity index (χ1) is 19.2. The molecule has 13 heteroatoms. The minimum absolute atomic E-state index is 0.0811. The molecule has 0 bridgehead atoms. The van der Waals surface area contributed by atoms with E-state index in [4.69, 9.17) is 42.1 Å². The van der Waals surface area contributed by atoms with Gasteiger partial charge in [-0.15, -0.1) is 0 Å². The Bertz CT molecular complexity index is 1240. The Kier molecular flexibility index (Phi) is 11.2. The van der Waals surface area contributed by atoms with E-state index in [9.17, 15) is 24.9 Å². The van der Waals surface area contributed by atoms with E-state index >= 15 is 0 Å². The summed E-state index contributed by atoms with van der Waals surface area (Å²) in [5.74, 6) is -0.468. The highest BCUT2D eigenvalue weighted by atomic mass is 35.5. The summed E-state index contributed by atoms with van der Waals surface area (Å²) in [4.78, 5) is 25.1. The number of nitrogens with one attached hydrogen (secondary N) is 2. The average Bonchev–Trinajstić information content (AvgIpc) is 2.91. The van der Waals surface area contributed by atoms with Crippen LogP contribution in [-0.2, 0) is 27.4 Å². The number of aliphatic hydroxyl groups is 3. The largest absolute Gasteiger partial charge is 0.486 e. The van der Waals surface area contributed by atoms with Crippen LogP contribution in [0.25, 0.3) is 0 Å². The van der Waals surface area contributed by atoms with Gasteiger partial charge in [0.15, 0.2) is 12.0 Å². The van der Waals surface area contributed by atoms with E-state index in [1.54, 1.807) is 27.7 Å². The van der Waals surface area contributed by atoms with Gasteiger partial charge in [-0.25, -0.2) is 4.79 Å². The standard InChI is InChI=1S/C28H36Cl2N2O9/c1-14-17(25(36)32-21-23(35)22(34)19(12-33)40-26(21)38-5)10-18(29)24(20(14)30)39-13-16-8-6-7-15(9-16)11-31-27(37)41-28(2,3)4/h6-10,19,21-23,26,33-35H,11-13H2,1-5H3,(H,31,37)(H,32,36)/t19-,21-,22-,23-,26+/m1/s1. The lowest BCUT2D eigenvalue weighted by Crippen LogP contribution is -2.64. The van der Waals surface area contributed by atoms with Gasteiger partial charge in [0.1, 0.15) is 36.6 Å². The number of hydrogen-bond donors (Lipinski definition) is 5. The summed E-state index contributed by atoms with van der Waals surface area (Å²) >= 11 is 13.0. The number of carbonyl (C=O) groups excluding carboxylic acids is 2. The minimum atomic E-state index is -1.47. The molecule has 1 saturated heterocycles. The van der Waals surface area contributed by atoms with E-state index < -0.39 is 54.9 Å². The number of aliphatic hydroxyl groups excluding tert-OH is 3. The van der Waals surface area contributed by atoms with Gasteiger partial charge < -0.3 is 44.9 Å². The van der Waals surface area contributed by atoms with Gasteiger partial charge in [0, 0.05) is 19.2 Å². The van der Waals surface area contributed by atoms with Crippen molar-refractivity contribution < 1.29 is 43.9 Å². The Morgan fingerprint density at radius 3 is 2.41 bits per heavy atom. The van der Waals surface area contributed by atoms with Gasteiger partial charge in [-0.2, -0.15) is 0 Å². The molecule has 3 rings (SSSR count). The lowest BCUT2D eigenvalue weighted by atomic mass is 9.96. The molecule has 2 aromatic carbocycles. The first kappa shape index (κ1) is 32.9. The van der Waals surface area contributed by atoms with Crippen LogP contribution in [0.15, 0.2) is 30.3 Å². The van der Waals surface area contributed by atoms with Crippen molar-refractivity contribution >= 4 is 35.2 Å². The van der Waals surface area contributed by atoms with Gasteiger partial charge in [-0.1, -0.05) is 47.5 Å². The Morgan fingerprint density at radius 2 is 1.78 bits per heavy atom. The summed E-state index contributed by atoms with van der Waals surface area (Å²) in [7, 11) is 1.31. The second-order valence-electron chi connectivity index (χ2n) is 10.6. The van der Waals surface area contributed by atoms with Crippen LogP contribution < -0.4 is 15.4 Å². The molecule has 5 N–H and O–H groups in total. The summed E-state index contributed by atoms with van der Waals surface area (Å²) in [5.41, 5.74) is 1.50. The van der Waals surface area contributed by atoms with Gasteiger partial charge in [0.05, 0.1) is 16.7 Å². The molecule has 5 atom stereocenters. The molecule has 2 amide bonds. The number of benzene rings is 2. The second kappa shape index (κ2) is 14.0. The van der Waals surface area contributed by atoms with Crippen molar-refractivity contribution in [3.05, 3.63) is 62.6 Å². The summed E-state index contributed by atoms with van der Waals surface area (Å²) in [6.45, 7) is 6.79. The van der Waals surface area contributed by atoms with Gasteiger partial charge in [0.25, 0.3) is 5.91 Å². The van der Waals surface area contributed by atoms with Crippen LogP contribution in [0.1, 0.15) is 47.8 Å². The normalized spacial score (nSPS) is 22.6.